The van der Waals surface area contributed by atoms with Crippen LogP contribution < -0.4 is 5.73 Å². The molecule has 0 aliphatic heterocycles. The maximum atomic E-state index is 5.87. The topological polar surface area (TPSA) is 54.7 Å². The molecule has 0 fully saturated rings. The Hall–Kier alpha value is -1.77. The quantitative estimate of drug-likeness (QED) is 0.827. The van der Waals surface area contributed by atoms with E-state index in [2.05, 4.69) is 36.2 Å². The number of nitrogens with zero attached hydrogens (tertiary/aromatic N) is 1. The van der Waals surface area contributed by atoms with Gasteiger partial charge in [-0.05, 0) is 18.9 Å². The van der Waals surface area contributed by atoms with E-state index in [1.807, 2.05) is 12.1 Å². The lowest BCUT2D eigenvalue weighted by Gasteiger charge is -2.05. The van der Waals surface area contributed by atoms with Gasteiger partial charge >= 0.3 is 0 Å². The van der Waals surface area contributed by atoms with Gasteiger partial charge in [-0.25, -0.2) is 0 Å². The number of hydrogen-bond acceptors (Lipinski definition) is 2. The van der Waals surface area contributed by atoms with Gasteiger partial charge in [0, 0.05) is 11.1 Å². The van der Waals surface area contributed by atoms with Gasteiger partial charge in [-0.2, -0.15) is 5.10 Å². The molecular formula is C13H17N3. The summed E-state index contributed by atoms with van der Waals surface area (Å²) in [4.78, 5) is 0. The van der Waals surface area contributed by atoms with Gasteiger partial charge in [-0.1, -0.05) is 37.6 Å². The van der Waals surface area contributed by atoms with Crippen molar-refractivity contribution in [3.63, 3.8) is 0 Å². The van der Waals surface area contributed by atoms with Crippen molar-refractivity contribution < 1.29 is 0 Å². The van der Waals surface area contributed by atoms with E-state index in [0.29, 0.717) is 5.82 Å². The van der Waals surface area contributed by atoms with Crippen LogP contribution in [-0.4, -0.2) is 10.2 Å². The summed E-state index contributed by atoms with van der Waals surface area (Å²) >= 11 is 0. The zero-order chi connectivity index (χ0) is 11.5. The number of aromatic amines is 1. The molecule has 3 heteroatoms. The monoisotopic (exact) mass is 215 g/mol. The number of rotatable bonds is 3. The van der Waals surface area contributed by atoms with E-state index in [-0.39, 0.29) is 0 Å². The van der Waals surface area contributed by atoms with Crippen molar-refractivity contribution >= 4 is 5.82 Å². The van der Waals surface area contributed by atoms with E-state index >= 15 is 0 Å². The first-order valence-corrected chi connectivity index (χ1v) is 5.62. The maximum Gasteiger partial charge on any atom is 0.149 e. The molecule has 0 aliphatic rings. The Balaban J connectivity index is 2.52. The number of aryl methyl sites for hydroxylation is 1. The SMILES string of the molecule is CCCc1c(N)n[nH]c1-c1ccccc1C. The van der Waals surface area contributed by atoms with Crippen LogP contribution >= 0.6 is 0 Å². The Morgan fingerprint density at radius 2 is 2.06 bits per heavy atom. The van der Waals surface area contributed by atoms with Crippen molar-refractivity contribution in [3.05, 3.63) is 35.4 Å². The average Bonchev–Trinajstić information content (AvgIpc) is 2.62. The number of H-pyrrole nitrogens is 1. The highest BCUT2D eigenvalue weighted by atomic mass is 15.2. The molecule has 0 bridgehead atoms. The molecule has 1 aromatic carbocycles. The molecule has 3 N–H and O–H groups in total. The first-order chi connectivity index (χ1) is 7.74. The minimum absolute atomic E-state index is 0.625. The molecule has 0 saturated heterocycles. The normalized spacial score (nSPS) is 10.6. The zero-order valence-corrected chi connectivity index (χ0v) is 9.75. The van der Waals surface area contributed by atoms with Gasteiger partial charge in [0.15, 0.2) is 0 Å². The molecule has 0 unspecified atom stereocenters. The van der Waals surface area contributed by atoms with Crippen molar-refractivity contribution in [2.75, 3.05) is 5.73 Å². The maximum absolute atomic E-state index is 5.87. The number of hydrogen-bond donors (Lipinski definition) is 2. The summed E-state index contributed by atoms with van der Waals surface area (Å²) in [5.74, 6) is 0.625. The number of benzene rings is 1. The third-order valence-electron chi connectivity index (χ3n) is 2.81. The van der Waals surface area contributed by atoms with Crippen LogP contribution in [0.1, 0.15) is 24.5 Å². The number of aromatic nitrogens is 2. The summed E-state index contributed by atoms with van der Waals surface area (Å²) in [7, 11) is 0. The van der Waals surface area contributed by atoms with E-state index in [4.69, 9.17) is 5.73 Å². The van der Waals surface area contributed by atoms with Crippen molar-refractivity contribution in [1.82, 2.24) is 10.2 Å². The minimum Gasteiger partial charge on any atom is -0.382 e. The van der Waals surface area contributed by atoms with Gasteiger partial charge in [0.25, 0.3) is 0 Å². The minimum atomic E-state index is 0.625. The molecule has 16 heavy (non-hydrogen) atoms. The predicted molar refractivity (Wildman–Crippen MR) is 67.2 cm³/mol. The Morgan fingerprint density at radius 1 is 1.31 bits per heavy atom. The fourth-order valence-corrected chi connectivity index (χ4v) is 1.96. The number of nitrogens with one attached hydrogen (secondary N) is 1. The van der Waals surface area contributed by atoms with Crippen molar-refractivity contribution in [3.8, 4) is 11.3 Å². The number of anilines is 1. The van der Waals surface area contributed by atoms with E-state index in [1.165, 1.54) is 11.1 Å². The van der Waals surface area contributed by atoms with Crippen LogP contribution in [0.4, 0.5) is 5.82 Å². The molecule has 0 saturated carbocycles. The molecule has 2 aromatic rings. The summed E-state index contributed by atoms with van der Waals surface area (Å²) in [6, 6.07) is 8.27. The van der Waals surface area contributed by atoms with E-state index < -0.39 is 0 Å². The second kappa shape index (κ2) is 4.39. The number of nitrogen functional groups attached to an aromatic ring is 1. The van der Waals surface area contributed by atoms with Gasteiger partial charge in [-0.3, -0.25) is 5.10 Å². The van der Waals surface area contributed by atoms with Crippen LogP contribution in [0, 0.1) is 6.92 Å². The molecular weight excluding hydrogens is 198 g/mol. The van der Waals surface area contributed by atoms with Gasteiger partial charge in [0.2, 0.25) is 0 Å². The fraction of sp³-hybridized carbons (Fsp3) is 0.308. The summed E-state index contributed by atoms with van der Waals surface area (Å²) in [6.07, 6.45) is 2.04. The third kappa shape index (κ3) is 1.81. The molecule has 0 amide bonds. The van der Waals surface area contributed by atoms with Crippen LogP contribution in [-0.2, 0) is 6.42 Å². The highest BCUT2D eigenvalue weighted by molar-refractivity contribution is 5.70. The van der Waals surface area contributed by atoms with Gasteiger partial charge in [0.05, 0.1) is 5.69 Å². The Bertz CT molecular complexity index is 486. The molecule has 1 aromatic heterocycles. The lowest BCUT2D eigenvalue weighted by molar-refractivity contribution is 0.926. The second-order valence-electron chi connectivity index (χ2n) is 4.03. The van der Waals surface area contributed by atoms with Crippen molar-refractivity contribution in [1.29, 1.82) is 0 Å². The van der Waals surface area contributed by atoms with Crippen LogP contribution in [0.25, 0.3) is 11.3 Å². The highest BCUT2D eigenvalue weighted by Crippen LogP contribution is 2.28. The van der Waals surface area contributed by atoms with Gasteiger partial charge in [0.1, 0.15) is 5.82 Å². The summed E-state index contributed by atoms with van der Waals surface area (Å²) in [5.41, 5.74) is 10.5. The second-order valence-corrected chi connectivity index (χ2v) is 4.03. The molecule has 0 spiro atoms. The lowest BCUT2D eigenvalue weighted by Crippen LogP contribution is -1.93. The first-order valence-electron chi connectivity index (χ1n) is 5.62. The molecule has 0 atom stereocenters. The standard InChI is InChI=1S/C13H17N3/c1-3-6-11-12(15-16-13(11)14)10-8-5-4-7-9(10)2/h4-5,7-8H,3,6H2,1-2H3,(H3,14,15,16). The smallest absolute Gasteiger partial charge is 0.149 e. The Morgan fingerprint density at radius 3 is 2.75 bits per heavy atom. The van der Waals surface area contributed by atoms with Crippen molar-refractivity contribution in [2.45, 2.75) is 26.7 Å². The average molecular weight is 215 g/mol. The summed E-state index contributed by atoms with van der Waals surface area (Å²) < 4.78 is 0. The molecule has 0 radical (unpaired) electrons. The Labute approximate surface area is 95.7 Å². The first kappa shape index (κ1) is 10.7. The molecule has 3 nitrogen and oxygen atoms in total. The van der Waals surface area contributed by atoms with Crippen LogP contribution in [0.15, 0.2) is 24.3 Å². The zero-order valence-electron chi connectivity index (χ0n) is 9.75. The molecule has 84 valence electrons. The van der Waals surface area contributed by atoms with Crippen LogP contribution in [0.3, 0.4) is 0 Å². The van der Waals surface area contributed by atoms with E-state index in [1.54, 1.807) is 0 Å². The van der Waals surface area contributed by atoms with E-state index in [0.717, 1.165) is 24.1 Å². The predicted octanol–water partition coefficient (Wildman–Crippen LogP) is 2.92. The highest BCUT2D eigenvalue weighted by Gasteiger charge is 2.12. The fourth-order valence-electron chi connectivity index (χ4n) is 1.96. The third-order valence-corrected chi connectivity index (χ3v) is 2.81. The summed E-state index contributed by atoms with van der Waals surface area (Å²) in [5, 5.41) is 7.15. The molecule has 0 aliphatic carbocycles. The number of nitrogens with two attached hydrogens (primary N) is 1. The van der Waals surface area contributed by atoms with Crippen LogP contribution in [0.2, 0.25) is 0 Å². The van der Waals surface area contributed by atoms with Crippen molar-refractivity contribution in [2.24, 2.45) is 0 Å². The summed E-state index contributed by atoms with van der Waals surface area (Å²) in [6.45, 7) is 4.25. The van der Waals surface area contributed by atoms with Gasteiger partial charge in [-0.15, -0.1) is 0 Å². The molecule has 2 rings (SSSR count). The van der Waals surface area contributed by atoms with E-state index in [9.17, 15) is 0 Å². The van der Waals surface area contributed by atoms with Crippen LogP contribution in [0.5, 0.6) is 0 Å². The lowest BCUT2D eigenvalue weighted by atomic mass is 10.0. The Kier molecular flexibility index (Phi) is 2.95. The van der Waals surface area contributed by atoms with Gasteiger partial charge < -0.3 is 5.73 Å². The molecule has 1 heterocycles. The largest absolute Gasteiger partial charge is 0.382 e.